The Morgan fingerprint density at radius 2 is 1.60 bits per heavy atom. The number of aliphatic hydroxyl groups is 1. The van der Waals surface area contributed by atoms with Crippen LogP contribution in [-0.2, 0) is 6.42 Å². The highest BCUT2D eigenvalue weighted by atomic mass is 79.9. The molecule has 2 aromatic rings. The van der Waals surface area contributed by atoms with Gasteiger partial charge in [0.15, 0.2) is 0 Å². The predicted molar refractivity (Wildman–Crippen MR) is 69.1 cm³/mol. The largest absolute Gasteiger partial charge is 0.388 e. The number of rotatable bonds is 3. The zero-order valence-corrected chi connectivity index (χ0v) is 11.6. The molecule has 0 aliphatic heterocycles. The quantitative estimate of drug-likeness (QED) is 0.648. The number of halogens is 5. The second-order valence-corrected chi connectivity index (χ2v) is 5.11. The van der Waals surface area contributed by atoms with Gasteiger partial charge in [-0.05, 0) is 45.8 Å². The van der Waals surface area contributed by atoms with Crippen LogP contribution in [0.25, 0.3) is 0 Å². The molecule has 6 heteroatoms. The lowest BCUT2D eigenvalue weighted by Crippen LogP contribution is -2.08. The molecule has 1 N–H and O–H groups in total. The first kappa shape index (κ1) is 15.0. The fourth-order valence-electron chi connectivity index (χ4n) is 1.90. The minimum Gasteiger partial charge on any atom is -0.388 e. The maximum atomic E-state index is 13.8. The van der Waals surface area contributed by atoms with E-state index >= 15 is 0 Å². The molecule has 2 rings (SSSR count). The first-order valence-electron chi connectivity index (χ1n) is 5.65. The monoisotopic (exact) mass is 348 g/mol. The molecule has 0 bridgehead atoms. The van der Waals surface area contributed by atoms with Crippen molar-refractivity contribution in [2.75, 3.05) is 0 Å². The maximum absolute atomic E-state index is 13.8. The molecule has 20 heavy (non-hydrogen) atoms. The van der Waals surface area contributed by atoms with E-state index in [2.05, 4.69) is 15.9 Å². The molecule has 0 spiro atoms. The van der Waals surface area contributed by atoms with Crippen molar-refractivity contribution >= 4 is 15.9 Å². The molecule has 2 aromatic carbocycles. The molecule has 0 saturated heterocycles. The van der Waals surface area contributed by atoms with Gasteiger partial charge in [0.2, 0.25) is 0 Å². The van der Waals surface area contributed by atoms with E-state index in [1.807, 2.05) is 0 Å². The van der Waals surface area contributed by atoms with E-state index in [9.17, 15) is 22.7 Å². The van der Waals surface area contributed by atoms with Crippen LogP contribution in [0.1, 0.15) is 17.2 Å². The van der Waals surface area contributed by atoms with E-state index in [1.54, 1.807) is 0 Å². The normalized spacial score (nSPS) is 12.5. The number of aliphatic hydroxyl groups excluding tert-OH is 1. The molecular weight excluding hydrogens is 340 g/mol. The first-order chi connectivity index (χ1) is 9.38. The SMILES string of the molecule is OC(Cc1cc(F)cc(F)c1)c1c(F)ccc(Br)c1F. The Bertz CT molecular complexity index is 625. The summed E-state index contributed by atoms with van der Waals surface area (Å²) < 4.78 is 53.4. The van der Waals surface area contributed by atoms with Crippen molar-refractivity contribution in [3.63, 3.8) is 0 Å². The second kappa shape index (κ2) is 5.93. The van der Waals surface area contributed by atoms with Gasteiger partial charge in [0.05, 0.1) is 16.1 Å². The highest BCUT2D eigenvalue weighted by Crippen LogP contribution is 2.29. The van der Waals surface area contributed by atoms with E-state index in [4.69, 9.17) is 0 Å². The van der Waals surface area contributed by atoms with Crippen molar-refractivity contribution in [2.24, 2.45) is 0 Å². The molecule has 0 fully saturated rings. The molecule has 0 heterocycles. The summed E-state index contributed by atoms with van der Waals surface area (Å²) in [6.07, 6.45) is -1.85. The Labute approximate surface area is 121 Å². The van der Waals surface area contributed by atoms with E-state index in [0.717, 1.165) is 18.2 Å². The molecule has 0 aliphatic rings. The summed E-state index contributed by atoms with van der Waals surface area (Å²) in [4.78, 5) is 0. The molecular formula is C14H9BrF4O. The van der Waals surface area contributed by atoms with Crippen molar-refractivity contribution in [3.8, 4) is 0 Å². The summed E-state index contributed by atoms with van der Waals surface area (Å²) in [6, 6.07) is 4.84. The second-order valence-electron chi connectivity index (χ2n) is 4.25. The summed E-state index contributed by atoms with van der Waals surface area (Å²) in [5, 5.41) is 9.90. The van der Waals surface area contributed by atoms with Crippen LogP contribution >= 0.6 is 15.9 Å². The van der Waals surface area contributed by atoms with Gasteiger partial charge < -0.3 is 5.11 Å². The highest BCUT2D eigenvalue weighted by molar-refractivity contribution is 9.10. The lowest BCUT2D eigenvalue weighted by Gasteiger charge is -2.14. The smallest absolute Gasteiger partial charge is 0.146 e. The van der Waals surface area contributed by atoms with E-state index in [1.165, 1.54) is 6.07 Å². The van der Waals surface area contributed by atoms with Gasteiger partial charge in [0, 0.05) is 12.5 Å². The molecule has 0 radical (unpaired) electrons. The fourth-order valence-corrected chi connectivity index (χ4v) is 2.25. The standard InChI is InChI=1S/C14H9BrF4O/c15-10-1-2-11(18)13(14(10)19)12(20)5-7-3-8(16)6-9(17)4-7/h1-4,6,12,20H,5H2. The molecule has 106 valence electrons. The third-order valence-electron chi connectivity index (χ3n) is 2.76. The molecule has 0 amide bonds. The van der Waals surface area contributed by atoms with Crippen molar-refractivity contribution in [1.82, 2.24) is 0 Å². The molecule has 0 saturated carbocycles. The Morgan fingerprint density at radius 3 is 2.20 bits per heavy atom. The number of benzene rings is 2. The molecule has 1 unspecified atom stereocenters. The minimum absolute atomic E-state index is 0.00151. The van der Waals surface area contributed by atoms with Gasteiger partial charge in [-0.1, -0.05) is 0 Å². The van der Waals surface area contributed by atoms with E-state index < -0.39 is 34.9 Å². The maximum Gasteiger partial charge on any atom is 0.146 e. The molecule has 0 aliphatic carbocycles. The fraction of sp³-hybridized carbons (Fsp3) is 0.143. The summed E-state index contributed by atoms with van der Waals surface area (Å²) in [5.41, 5.74) is -0.433. The number of hydrogen-bond acceptors (Lipinski definition) is 1. The van der Waals surface area contributed by atoms with Crippen molar-refractivity contribution in [2.45, 2.75) is 12.5 Å². The van der Waals surface area contributed by atoms with Gasteiger partial charge in [-0.2, -0.15) is 0 Å². The van der Waals surface area contributed by atoms with E-state index in [-0.39, 0.29) is 16.5 Å². The van der Waals surface area contributed by atoms with Crippen molar-refractivity contribution < 1.29 is 22.7 Å². The Kier molecular flexibility index (Phi) is 4.45. The first-order valence-corrected chi connectivity index (χ1v) is 6.44. The minimum atomic E-state index is -1.55. The molecule has 1 nitrogen and oxygen atoms in total. The van der Waals surface area contributed by atoms with E-state index in [0.29, 0.717) is 6.07 Å². The van der Waals surface area contributed by atoms with Gasteiger partial charge in [-0.15, -0.1) is 0 Å². The average molecular weight is 349 g/mol. The summed E-state index contributed by atoms with van der Waals surface area (Å²) in [5.74, 6) is -3.49. The predicted octanol–water partition coefficient (Wildman–Crippen LogP) is 4.28. The zero-order chi connectivity index (χ0) is 14.9. The van der Waals surface area contributed by atoms with Crippen LogP contribution in [0.5, 0.6) is 0 Å². The van der Waals surface area contributed by atoms with Crippen LogP contribution in [0.15, 0.2) is 34.8 Å². The highest BCUT2D eigenvalue weighted by Gasteiger charge is 2.21. The van der Waals surface area contributed by atoms with Gasteiger partial charge in [0.25, 0.3) is 0 Å². The lowest BCUT2D eigenvalue weighted by atomic mass is 10.0. The van der Waals surface area contributed by atoms with Crippen molar-refractivity contribution in [1.29, 1.82) is 0 Å². The third-order valence-corrected chi connectivity index (χ3v) is 3.38. The molecule has 0 aromatic heterocycles. The van der Waals surface area contributed by atoms with Crippen molar-refractivity contribution in [3.05, 3.63) is 69.2 Å². The topological polar surface area (TPSA) is 20.2 Å². The average Bonchev–Trinajstić information content (AvgIpc) is 2.33. The summed E-state index contributed by atoms with van der Waals surface area (Å²) in [7, 11) is 0. The van der Waals surface area contributed by atoms with Crippen LogP contribution < -0.4 is 0 Å². The summed E-state index contributed by atoms with van der Waals surface area (Å²) in [6.45, 7) is 0. The Hall–Kier alpha value is -1.40. The van der Waals surface area contributed by atoms with Crippen LogP contribution in [0.3, 0.4) is 0 Å². The van der Waals surface area contributed by atoms with Gasteiger partial charge in [-0.3, -0.25) is 0 Å². The van der Waals surface area contributed by atoms with Crippen LogP contribution in [-0.4, -0.2) is 5.11 Å². The third kappa shape index (κ3) is 3.19. The van der Waals surface area contributed by atoms with Crippen LogP contribution in [0.2, 0.25) is 0 Å². The Morgan fingerprint density at radius 1 is 1.00 bits per heavy atom. The van der Waals surface area contributed by atoms with Crippen LogP contribution in [0, 0.1) is 23.3 Å². The Balaban J connectivity index is 2.33. The van der Waals surface area contributed by atoms with Gasteiger partial charge >= 0.3 is 0 Å². The summed E-state index contributed by atoms with van der Waals surface area (Å²) >= 11 is 2.88. The van der Waals surface area contributed by atoms with Gasteiger partial charge in [0.1, 0.15) is 23.3 Å². The lowest BCUT2D eigenvalue weighted by molar-refractivity contribution is 0.168. The van der Waals surface area contributed by atoms with Gasteiger partial charge in [-0.25, -0.2) is 17.6 Å². The molecule has 1 atom stereocenters. The van der Waals surface area contributed by atoms with Crippen LogP contribution in [0.4, 0.5) is 17.6 Å². The zero-order valence-electron chi connectivity index (χ0n) is 10.0. The number of hydrogen-bond donors (Lipinski definition) is 1.